The zero-order valence-corrected chi connectivity index (χ0v) is 15.1. The van der Waals surface area contributed by atoms with E-state index in [2.05, 4.69) is 5.10 Å². The largest absolute Gasteiger partial charge is 0.326 e. The topological polar surface area (TPSA) is 83.0 Å². The van der Waals surface area contributed by atoms with E-state index in [9.17, 15) is 23.7 Å². The van der Waals surface area contributed by atoms with Crippen molar-refractivity contribution in [3.63, 3.8) is 0 Å². The monoisotopic (exact) mass is 414 g/mol. The number of benzene rings is 1. The summed E-state index contributed by atoms with van der Waals surface area (Å²) >= 11 is 12.0. The average molecular weight is 415 g/mol. The standard InChI is InChI=1S/C16H10Cl2F2N4O3/c1-2-22-14(13-9(19)4-3-5-10(13)20)11(6-8(17)16(22)25)23-15(18)12(7-21-23)24(26)27/h3-7H,2H2,1H3. The van der Waals surface area contributed by atoms with E-state index in [1.165, 1.54) is 6.07 Å². The van der Waals surface area contributed by atoms with Gasteiger partial charge >= 0.3 is 5.69 Å². The van der Waals surface area contributed by atoms with Gasteiger partial charge in [-0.1, -0.05) is 29.3 Å². The van der Waals surface area contributed by atoms with Gasteiger partial charge in [-0.25, -0.2) is 13.5 Å². The number of hydrogen-bond acceptors (Lipinski definition) is 4. The van der Waals surface area contributed by atoms with Crippen LogP contribution in [0.15, 0.2) is 35.3 Å². The summed E-state index contributed by atoms with van der Waals surface area (Å²) in [6.45, 7) is 1.60. The number of halogens is 4. The molecule has 0 saturated heterocycles. The Labute approximate surface area is 160 Å². The second kappa shape index (κ2) is 7.09. The molecule has 0 atom stereocenters. The minimum Gasteiger partial charge on any atom is -0.305 e. The number of nitrogens with zero attached hydrogens (tertiary/aromatic N) is 4. The predicted octanol–water partition coefficient (Wildman–Crippen LogP) is 4.21. The van der Waals surface area contributed by atoms with E-state index in [-0.39, 0.29) is 22.9 Å². The Morgan fingerprint density at radius 1 is 1.26 bits per heavy atom. The lowest BCUT2D eigenvalue weighted by molar-refractivity contribution is -0.384. The fraction of sp³-hybridized carbons (Fsp3) is 0.125. The quantitative estimate of drug-likeness (QED) is 0.472. The van der Waals surface area contributed by atoms with E-state index in [1.54, 1.807) is 6.92 Å². The molecule has 0 N–H and O–H groups in total. The molecule has 0 radical (unpaired) electrons. The first-order valence-electron chi connectivity index (χ1n) is 7.53. The Bertz CT molecular complexity index is 1110. The molecule has 11 heteroatoms. The summed E-state index contributed by atoms with van der Waals surface area (Å²) in [6.07, 6.45) is 0.888. The summed E-state index contributed by atoms with van der Waals surface area (Å²) in [4.78, 5) is 22.7. The fourth-order valence-electron chi connectivity index (χ4n) is 2.68. The van der Waals surface area contributed by atoms with Crippen LogP contribution in [0.2, 0.25) is 10.2 Å². The van der Waals surface area contributed by atoms with Crippen LogP contribution in [-0.2, 0) is 6.54 Å². The highest BCUT2D eigenvalue weighted by Gasteiger charge is 2.26. The van der Waals surface area contributed by atoms with Crippen LogP contribution in [0.4, 0.5) is 14.5 Å². The third-order valence-corrected chi connectivity index (χ3v) is 4.48. The van der Waals surface area contributed by atoms with Crippen molar-refractivity contribution in [2.24, 2.45) is 0 Å². The SMILES string of the molecule is CCn1c(-c2c(F)cccc2F)c(-n2ncc([N+](=O)[O-])c2Cl)cc(Cl)c1=O. The van der Waals surface area contributed by atoms with E-state index < -0.39 is 38.5 Å². The number of rotatable bonds is 4. The highest BCUT2D eigenvalue weighted by molar-refractivity contribution is 6.32. The van der Waals surface area contributed by atoms with E-state index >= 15 is 0 Å². The summed E-state index contributed by atoms with van der Waals surface area (Å²) in [5.74, 6) is -1.86. The van der Waals surface area contributed by atoms with Crippen LogP contribution in [-0.4, -0.2) is 19.3 Å². The van der Waals surface area contributed by atoms with Gasteiger partial charge < -0.3 is 4.57 Å². The van der Waals surface area contributed by atoms with Crippen LogP contribution >= 0.6 is 23.2 Å². The van der Waals surface area contributed by atoms with Gasteiger partial charge in [0.15, 0.2) is 0 Å². The number of pyridine rings is 1. The van der Waals surface area contributed by atoms with Gasteiger partial charge in [0.1, 0.15) is 22.9 Å². The highest BCUT2D eigenvalue weighted by atomic mass is 35.5. The molecule has 0 aliphatic carbocycles. The molecule has 2 aromatic heterocycles. The van der Waals surface area contributed by atoms with E-state index in [1.807, 2.05) is 0 Å². The molecule has 0 saturated carbocycles. The van der Waals surface area contributed by atoms with Gasteiger partial charge in [0.05, 0.1) is 21.9 Å². The molecule has 0 unspecified atom stereocenters. The van der Waals surface area contributed by atoms with Crippen molar-refractivity contribution in [1.29, 1.82) is 0 Å². The zero-order valence-electron chi connectivity index (χ0n) is 13.6. The average Bonchev–Trinajstić information content (AvgIpc) is 2.99. The first kappa shape index (κ1) is 19.0. The van der Waals surface area contributed by atoms with E-state index in [4.69, 9.17) is 23.2 Å². The zero-order chi connectivity index (χ0) is 19.9. The molecule has 0 aliphatic heterocycles. The Morgan fingerprint density at radius 3 is 2.41 bits per heavy atom. The molecular formula is C16H10Cl2F2N4O3. The second-order valence-electron chi connectivity index (χ2n) is 5.36. The molecule has 3 rings (SSSR count). The van der Waals surface area contributed by atoms with Crippen molar-refractivity contribution >= 4 is 28.9 Å². The maximum Gasteiger partial charge on any atom is 0.326 e. The molecule has 0 amide bonds. The van der Waals surface area contributed by atoms with Crippen LogP contribution in [0.1, 0.15) is 6.92 Å². The van der Waals surface area contributed by atoms with Crippen molar-refractivity contribution in [1.82, 2.24) is 14.3 Å². The predicted molar refractivity (Wildman–Crippen MR) is 95.5 cm³/mol. The molecule has 0 fully saturated rings. The molecule has 3 aromatic rings. The van der Waals surface area contributed by atoms with Crippen molar-refractivity contribution < 1.29 is 13.7 Å². The summed E-state index contributed by atoms with van der Waals surface area (Å²) in [5.41, 5.74) is -1.97. The normalized spacial score (nSPS) is 11.0. The van der Waals surface area contributed by atoms with E-state index in [0.717, 1.165) is 33.6 Å². The van der Waals surface area contributed by atoms with Crippen LogP contribution in [0.3, 0.4) is 0 Å². The van der Waals surface area contributed by atoms with Gasteiger partial charge in [0.25, 0.3) is 5.56 Å². The number of aromatic nitrogens is 3. The van der Waals surface area contributed by atoms with Crippen LogP contribution in [0, 0.1) is 21.7 Å². The molecule has 2 heterocycles. The number of hydrogen-bond donors (Lipinski definition) is 0. The lowest BCUT2D eigenvalue weighted by Gasteiger charge is -2.18. The van der Waals surface area contributed by atoms with Gasteiger partial charge in [-0.05, 0) is 25.1 Å². The van der Waals surface area contributed by atoms with Gasteiger partial charge in [0, 0.05) is 6.54 Å². The molecular weight excluding hydrogens is 405 g/mol. The molecule has 140 valence electrons. The Morgan fingerprint density at radius 2 is 1.89 bits per heavy atom. The minimum absolute atomic E-state index is 0.0243. The third kappa shape index (κ3) is 3.08. The van der Waals surface area contributed by atoms with Crippen molar-refractivity contribution in [2.75, 3.05) is 0 Å². The number of nitro groups is 1. The summed E-state index contributed by atoms with van der Waals surface area (Å²) in [5, 5.41) is 14.2. The van der Waals surface area contributed by atoms with Crippen molar-refractivity contribution in [3.05, 3.63) is 72.7 Å². The molecule has 0 bridgehead atoms. The summed E-state index contributed by atoms with van der Waals surface area (Å²) in [6, 6.07) is 4.33. The molecule has 7 nitrogen and oxygen atoms in total. The van der Waals surface area contributed by atoms with Gasteiger partial charge in [-0.3, -0.25) is 14.9 Å². The van der Waals surface area contributed by atoms with Crippen LogP contribution in [0.25, 0.3) is 16.9 Å². The fourth-order valence-corrected chi connectivity index (χ4v) is 3.14. The van der Waals surface area contributed by atoms with Crippen LogP contribution in [0.5, 0.6) is 0 Å². The maximum absolute atomic E-state index is 14.5. The Balaban J connectivity index is 2.48. The Kier molecular flexibility index (Phi) is 4.99. The Hall–Kier alpha value is -2.78. The molecule has 1 aromatic carbocycles. The summed E-state index contributed by atoms with van der Waals surface area (Å²) in [7, 11) is 0. The first-order chi connectivity index (χ1) is 12.8. The minimum atomic E-state index is -0.932. The van der Waals surface area contributed by atoms with Gasteiger partial charge in [-0.15, -0.1) is 0 Å². The molecule has 0 aliphatic rings. The lowest BCUT2D eigenvalue weighted by Crippen LogP contribution is -2.24. The van der Waals surface area contributed by atoms with Gasteiger partial charge in [-0.2, -0.15) is 5.10 Å². The smallest absolute Gasteiger partial charge is 0.305 e. The van der Waals surface area contributed by atoms with Gasteiger partial charge in [0.2, 0.25) is 5.15 Å². The van der Waals surface area contributed by atoms with Crippen molar-refractivity contribution in [2.45, 2.75) is 13.5 Å². The first-order valence-corrected chi connectivity index (χ1v) is 8.29. The van der Waals surface area contributed by atoms with Crippen molar-refractivity contribution in [3.8, 4) is 16.9 Å². The highest BCUT2D eigenvalue weighted by Crippen LogP contribution is 2.35. The lowest BCUT2D eigenvalue weighted by atomic mass is 10.1. The van der Waals surface area contributed by atoms with E-state index in [0.29, 0.717) is 0 Å². The molecule has 27 heavy (non-hydrogen) atoms. The summed E-state index contributed by atoms with van der Waals surface area (Å²) < 4.78 is 30.9. The second-order valence-corrected chi connectivity index (χ2v) is 6.13. The maximum atomic E-state index is 14.5. The third-order valence-electron chi connectivity index (χ3n) is 3.86. The van der Waals surface area contributed by atoms with Crippen LogP contribution < -0.4 is 5.56 Å². The molecule has 0 spiro atoms.